The van der Waals surface area contributed by atoms with Crippen molar-refractivity contribution in [3.05, 3.63) is 71.5 Å². The van der Waals surface area contributed by atoms with Gasteiger partial charge in [-0.1, -0.05) is 48.5 Å². The van der Waals surface area contributed by atoms with Gasteiger partial charge in [-0.2, -0.15) is 0 Å². The van der Waals surface area contributed by atoms with Crippen LogP contribution in [0.25, 0.3) is 0 Å². The number of nitrogens with zero attached hydrogens (tertiary/aromatic N) is 1. The largest absolute Gasteiger partial charge is 0.352 e. The molecule has 0 unspecified atom stereocenters. The molecule has 4 heteroatoms. The van der Waals surface area contributed by atoms with Crippen LogP contribution in [0.3, 0.4) is 0 Å². The fraction of sp³-hybridized carbons (Fsp3) is 0.350. The van der Waals surface area contributed by atoms with Crippen molar-refractivity contribution < 1.29 is 9.18 Å². The molecule has 1 aliphatic rings. The predicted molar refractivity (Wildman–Crippen MR) is 93.0 cm³/mol. The Kier molecular flexibility index (Phi) is 5.59. The first-order valence-corrected chi connectivity index (χ1v) is 8.50. The molecule has 2 aromatic rings. The maximum Gasteiger partial charge on any atom is 0.224 e. The molecule has 1 atom stereocenters. The van der Waals surface area contributed by atoms with Crippen molar-refractivity contribution in [2.45, 2.75) is 31.8 Å². The van der Waals surface area contributed by atoms with Crippen molar-refractivity contribution in [3.63, 3.8) is 0 Å². The van der Waals surface area contributed by atoms with Crippen LogP contribution in [0.1, 0.15) is 24.0 Å². The van der Waals surface area contributed by atoms with E-state index in [9.17, 15) is 9.18 Å². The number of carbonyl (C=O) groups is 1. The summed E-state index contributed by atoms with van der Waals surface area (Å²) in [4.78, 5) is 14.6. The summed E-state index contributed by atoms with van der Waals surface area (Å²) >= 11 is 0. The van der Waals surface area contributed by atoms with Crippen LogP contribution in [-0.2, 0) is 17.8 Å². The second kappa shape index (κ2) is 8.06. The summed E-state index contributed by atoms with van der Waals surface area (Å²) in [5, 5.41) is 3.06. The molecule has 0 saturated carbocycles. The van der Waals surface area contributed by atoms with E-state index in [4.69, 9.17) is 0 Å². The SMILES string of the molecule is O=C(Cc1ccccc1F)N[C@@H]1CCCN(Cc2ccccc2)C1. The lowest BCUT2D eigenvalue weighted by Crippen LogP contribution is -2.47. The van der Waals surface area contributed by atoms with Crippen LogP contribution in [0.2, 0.25) is 0 Å². The number of amides is 1. The zero-order chi connectivity index (χ0) is 16.8. The number of halogens is 1. The van der Waals surface area contributed by atoms with Gasteiger partial charge in [0.2, 0.25) is 5.91 Å². The number of rotatable bonds is 5. The number of benzene rings is 2. The van der Waals surface area contributed by atoms with Crippen LogP contribution < -0.4 is 5.32 Å². The van der Waals surface area contributed by atoms with Gasteiger partial charge in [0.25, 0.3) is 0 Å². The van der Waals surface area contributed by atoms with E-state index in [1.807, 2.05) is 18.2 Å². The number of carbonyl (C=O) groups excluding carboxylic acids is 1. The minimum Gasteiger partial charge on any atom is -0.352 e. The number of hydrogen-bond donors (Lipinski definition) is 1. The molecular weight excluding hydrogens is 303 g/mol. The molecule has 3 nitrogen and oxygen atoms in total. The Hall–Kier alpha value is -2.20. The highest BCUT2D eigenvalue weighted by molar-refractivity contribution is 5.78. The Morgan fingerprint density at radius 1 is 1.12 bits per heavy atom. The maximum atomic E-state index is 13.6. The van der Waals surface area contributed by atoms with Gasteiger partial charge in [0.05, 0.1) is 6.42 Å². The highest BCUT2D eigenvalue weighted by Crippen LogP contribution is 2.14. The Bertz CT molecular complexity index is 674. The van der Waals surface area contributed by atoms with Gasteiger partial charge in [-0.05, 0) is 36.6 Å². The van der Waals surface area contributed by atoms with Crippen LogP contribution in [0.15, 0.2) is 54.6 Å². The molecule has 3 rings (SSSR count). The standard InChI is InChI=1S/C20H23FN2O/c21-19-11-5-4-9-17(19)13-20(24)22-18-10-6-12-23(15-18)14-16-7-2-1-3-8-16/h1-5,7-9,11,18H,6,10,12-15H2,(H,22,24)/t18-/m1/s1. The molecule has 1 N–H and O–H groups in total. The smallest absolute Gasteiger partial charge is 0.224 e. The molecule has 2 aromatic carbocycles. The normalized spacial score (nSPS) is 18.3. The second-order valence-corrected chi connectivity index (χ2v) is 6.40. The van der Waals surface area contributed by atoms with E-state index in [1.54, 1.807) is 18.2 Å². The van der Waals surface area contributed by atoms with E-state index in [-0.39, 0.29) is 24.2 Å². The molecule has 0 spiro atoms. The molecule has 1 fully saturated rings. The van der Waals surface area contributed by atoms with Crippen molar-refractivity contribution >= 4 is 5.91 Å². The predicted octanol–water partition coefficient (Wildman–Crippen LogP) is 3.15. The lowest BCUT2D eigenvalue weighted by Gasteiger charge is -2.33. The summed E-state index contributed by atoms with van der Waals surface area (Å²) in [6.45, 7) is 2.80. The van der Waals surface area contributed by atoms with Crippen molar-refractivity contribution in [2.75, 3.05) is 13.1 Å². The Morgan fingerprint density at radius 2 is 1.88 bits per heavy atom. The third kappa shape index (κ3) is 4.65. The first kappa shape index (κ1) is 16.7. The van der Waals surface area contributed by atoms with E-state index < -0.39 is 0 Å². The third-order valence-electron chi connectivity index (χ3n) is 4.43. The summed E-state index contributed by atoms with van der Waals surface area (Å²) in [5.41, 5.74) is 1.74. The molecule has 126 valence electrons. The first-order chi connectivity index (χ1) is 11.7. The monoisotopic (exact) mass is 326 g/mol. The Labute approximate surface area is 142 Å². The summed E-state index contributed by atoms with van der Waals surface area (Å²) < 4.78 is 13.6. The van der Waals surface area contributed by atoms with Crippen LogP contribution in [0.5, 0.6) is 0 Å². The van der Waals surface area contributed by atoms with E-state index >= 15 is 0 Å². The minimum atomic E-state index is -0.318. The molecule has 1 amide bonds. The number of piperidine rings is 1. The highest BCUT2D eigenvalue weighted by atomic mass is 19.1. The van der Waals surface area contributed by atoms with Crippen LogP contribution in [0, 0.1) is 5.82 Å². The van der Waals surface area contributed by atoms with Gasteiger partial charge in [-0.25, -0.2) is 4.39 Å². The van der Waals surface area contributed by atoms with Crippen LogP contribution >= 0.6 is 0 Å². The fourth-order valence-corrected chi connectivity index (χ4v) is 3.25. The number of nitrogens with one attached hydrogen (secondary N) is 1. The van der Waals surface area contributed by atoms with Gasteiger partial charge in [0.15, 0.2) is 0 Å². The average Bonchev–Trinajstić information content (AvgIpc) is 2.58. The molecule has 0 radical (unpaired) electrons. The molecule has 24 heavy (non-hydrogen) atoms. The van der Waals surface area contributed by atoms with Crippen molar-refractivity contribution in [1.82, 2.24) is 10.2 Å². The summed E-state index contributed by atoms with van der Waals surface area (Å²) in [6, 6.07) is 17.0. The van der Waals surface area contributed by atoms with Gasteiger partial charge >= 0.3 is 0 Å². The second-order valence-electron chi connectivity index (χ2n) is 6.40. The summed E-state index contributed by atoms with van der Waals surface area (Å²) in [7, 11) is 0. The topological polar surface area (TPSA) is 32.3 Å². The van der Waals surface area contributed by atoms with E-state index in [2.05, 4.69) is 22.3 Å². The summed E-state index contributed by atoms with van der Waals surface area (Å²) in [5.74, 6) is -0.423. The number of hydrogen-bond acceptors (Lipinski definition) is 2. The molecule has 0 aromatic heterocycles. The molecular formula is C20H23FN2O. The third-order valence-corrected chi connectivity index (χ3v) is 4.43. The summed E-state index contributed by atoms with van der Waals surface area (Å²) in [6.07, 6.45) is 2.15. The Morgan fingerprint density at radius 3 is 2.67 bits per heavy atom. The lowest BCUT2D eigenvalue weighted by atomic mass is 10.0. The first-order valence-electron chi connectivity index (χ1n) is 8.50. The van der Waals surface area contributed by atoms with Crippen molar-refractivity contribution in [2.24, 2.45) is 0 Å². The minimum absolute atomic E-state index is 0.0991. The maximum absolute atomic E-state index is 13.6. The van der Waals surface area contributed by atoms with Gasteiger partial charge < -0.3 is 5.32 Å². The molecule has 0 bridgehead atoms. The zero-order valence-corrected chi connectivity index (χ0v) is 13.7. The average molecular weight is 326 g/mol. The highest BCUT2D eigenvalue weighted by Gasteiger charge is 2.21. The quantitative estimate of drug-likeness (QED) is 0.915. The van der Waals surface area contributed by atoms with Crippen molar-refractivity contribution in [1.29, 1.82) is 0 Å². The molecule has 1 saturated heterocycles. The van der Waals surface area contributed by atoms with E-state index in [0.29, 0.717) is 5.56 Å². The van der Waals surface area contributed by atoms with E-state index in [1.165, 1.54) is 11.6 Å². The fourth-order valence-electron chi connectivity index (χ4n) is 3.25. The zero-order valence-electron chi connectivity index (χ0n) is 13.7. The van der Waals surface area contributed by atoms with Crippen LogP contribution in [-0.4, -0.2) is 29.9 Å². The van der Waals surface area contributed by atoms with Gasteiger partial charge in [-0.3, -0.25) is 9.69 Å². The van der Waals surface area contributed by atoms with Gasteiger partial charge in [0, 0.05) is 19.1 Å². The van der Waals surface area contributed by atoms with Gasteiger partial charge in [0.1, 0.15) is 5.82 Å². The van der Waals surface area contributed by atoms with E-state index in [0.717, 1.165) is 32.5 Å². The lowest BCUT2D eigenvalue weighted by molar-refractivity contribution is -0.121. The molecule has 0 aliphatic carbocycles. The number of likely N-dealkylation sites (tertiary alicyclic amines) is 1. The molecule has 1 aliphatic heterocycles. The van der Waals surface area contributed by atoms with Gasteiger partial charge in [-0.15, -0.1) is 0 Å². The Balaban J connectivity index is 1.51. The van der Waals surface area contributed by atoms with Crippen molar-refractivity contribution in [3.8, 4) is 0 Å². The molecule has 1 heterocycles. The van der Waals surface area contributed by atoms with Crippen LogP contribution in [0.4, 0.5) is 4.39 Å².